The highest BCUT2D eigenvalue weighted by Crippen LogP contribution is 2.33. The molecule has 1 heterocycles. The van der Waals surface area contributed by atoms with Crippen LogP contribution >= 0.6 is 0 Å². The second kappa shape index (κ2) is 6.19. The molecule has 4 unspecified atom stereocenters. The van der Waals surface area contributed by atoms with Gasteiger partial charge in [0.25, 0.3) is 0 Å². The van der Waals surface area contributed by atoms with Crippen LogP contribution in [0, 0.1) is 11.8 Å². The van der Waals surface area contributed by atoms with Gasteiger partial charge in [-0.05, 0) is 57.0 Å². The molecule has 0 aromatic rings. The number of hydrogen-bond acceptors (Lipinski definition) is 2. The molecule has 2 rings (SSSR count). The molecule has 1 aliphatic carbocycles. The summed E-state index contributed by atoms with van der Waals surface area (Å²) in [6.45, 7) is 10.9. The molecular formula is C15H30N2. The van der Waals surface area contributed by atoms with Gasteiger partial charge < -0.3 is 5.32 Å². The molecule has 1 saturated carbocycles. The van der Waals surface area contributed by atoms with Crippen LogP contribution in [0.25, 0.3) is 0 Å². The summed E-state index contributed by atoms with van der Waals surface area (Å²) in [6, 6.07) is 1.63. The Labute approximate surface area is 107 Å². The summed E-state index contributed by atoms with van der Waals surface area (Å²) in [5.74, 6) is 1.87. The monoisotopic (exact) mass is 238 g/mol. The Bertz CT molecular complexity index is 227. The number of hydrogen-bond donors (Lipinski definition) is 1. The Morgan fingerprint density at radius 3 is 2.65 bits per heavy atom. The second-order valence-electron chi connectivity index (χ2n) is 6.31. The number of piperidine rings is 1. The van der Waals surface area contributed by atoms with Gasteiger partial charge in [-0.2, -0.15) is 0 Å². The van der Waals surface area contributed by atoms with Crippen molar-refractivity contribution < 1.29 is 0 Å². The van der Waals surface area contributed by atoms with Crippen molar-refractivity contribution in [3.8, 4) is 0 Å². The Kier molecular flexibility index (Phi) is 4.87. The summed E-state index contributed by atoms with van der Waals surface area (Å²) >= 11 is 0. The molecule has 0 amide bonds. The van der Waals surface area contributed by atoms with Gasteiger partial charge >= 0.3 is 0 Å². The first-order valence-corrected chi connectivity index (χ1v) is 7.68. The van der Waals surface area contributed by atoms with Crippen molar-refractivity contribution in [2.45, 2.75) is 65.0 Å². The van der Waals surface area contributed by atoms with Crippen molar-refractivity contribution in [2.24, 2.45) is 11.8 Å². The maximum atomic E-state index is 3.63. The number of likely N-dealkylation sites (tertiary alicyclic amines) is 1. The minimum atomic E-state index is 0.753. The minimum Gasteiger partial charge on any atom is -0.313 e. The summed E-state index contributed by atoms with van der Waals surface area (Å²) in [4.78, 5) is 2.78. The number of nitrogens with one attached hydrogen (secondary N) is 1. The Morgan fingerprint density at radius 2 is 1.94 bits per heavy atom. The van der Waals surface area contributed by atoms with Crippen LogP contribution < -0.4 is 5.32 Å². The molecule has 2 fully saturated rings. The quantitative estimate of drug-likeness (QED) is 0.813. The predicted molar refractivity (Wildman–Crippen MR) is 74.2 cm³/mol. The number of rotatable bonds is 3. The van der Waals surface area contributed by atoms with E-state index in [1.807, 2.05) is 0 Å². The zero-order valence-electron chi connectivity index (χ0n) is 11.9. The van der Waals surface area contributed by atoms with Crippen molar-refractivity contribution in [3.63, 3.8) is 0 Å². The summed E-state index contributed by atoms with van der Waals surface area (Å²) in [6.07, 6.45) is 7.07. The normalized spacial score (nSPS) is 40.4. The van der Waals surface area contributed by atoms with Crippen molar-refractivity contribution in [1.82, 2.24) is 10.2 Å². The van der Waals surface area contributed by atoms with E-state index in [-0.39, 0.29) is 0 Å². The van der Waals surface area contributed by atoms with E-state index in [9.17, 15) is 0 Å². The lowest BCUT2D eigenvalue weighted by Crippen LogP contribution is -2.51. The van der Waals surface area contributed by atoms with Gasteiger partial charge in [0.05, 0.1) is 0 Å². The third-order valence-corrected chi connectivity index (χ3v) is 5.03. The van der Waals surface area contributed by atoms with E-state index in [1.54, 1.807) is 0 Å². The van der Waals surface area contributed by atoms with Gasteiger partial charge in [0.15, 0.2) is 0 Å². The van der Waals surface area contributed by atoms with Crippen LogP contribution in [0.4, 0.5) is 0 Å². The van der Waals surface area contributed by atoms with Crippen molar-refractivity contribution in [3.05, 3.63) is 0 Å². The van der Waals surface area contributed by atoms with E-state index >= 15 is 0 Å². The average molecular weight is 238 g/mol. The van der Waals surface area contributed by atoms with Crippen molar-refractivity contribution >= 4 is 0 Å². The van der Waals surface area contributed by atoms with Gasteiger partial charge in [0.2, 0.25) is 0 Å². The van der Waals surface area contributed by atoms with E-state index in [1.165, 1.54) is 45.2 Å². The van der Waals surface area contributed by atoms with Crippen LogP contribution in [0.15, 0.2) is 0 Å². The topological polar surface area (TPSA) is 15.3 Å². The first-order valence-electron chi connectivity index (χ1n) is 7.68. The molecule has 100 valence electrons. The summed E-state index contributed by atoms with van der Waals surface area (Å²) in [7, 11) is 0. The largest absolute Gasteiger partial charge is 0.313 e. The van der Waals surface area contributed by atoms with Gasteiger partial charge in [-0.25, -0.2) is 0 Å². The molecule has 2 nitrogen and oxygen atoms in total. The van der Waals surface area contributed by atoms with Crippen LogP contribution in [-0.2, 0) is 0 Å². The standard InChI is InChI=1S/C15H30N2/c1-4-16-14-6-5-9-17(11-14)15-8-7-12(2)13(3)10-15/h12-16H,4-11H2,1-3H3. The Morgan fingerprint density at radius 1 is 1.12 bits per heavy atom. The lowest BCUT2D eigenvalue weighted by Gasteiger charge is -2.43. The Balaban J connectivity index is 1.84. The van der Waals surface area contributed by atoms with Crippen molar-refractivity contribution in [2.75, 3.05) is 19.6 Å². The molecule has 1 aliphatic heterocycles. The van der Waals surface area contributed by atoms with Gasteiger partial charge in [0.1, 0.15) is 0 Å². The molecule has 17 heavy (non-hydrogen) atoms. The molecule has 0 aromatic carbocycles. The zero-order chi connectivity index (χ0) is 12.3. The molecule has 2 aliphatic rings. The Hall–Kier alpha value is -0.0800. The van der Waals surface area contributed by atoms with Crippen LogP contribution in [0.5, 0.6) is 0 Å². The highest BCUT2D eigenvalue weighted by molar-refractivity contribution is 4.86. The van der Waals surface area contributed by atoms with E-state index in [0.717, 1.165) is 30.5 Å². The number of likely N-dealkylation sites (N-methyl/N-ethyl adjacent to an activating group) is 1. The highest BCUT2D eigenvalue weighted by Gasteiger charge is 2.31. The third kappa shape index (κ3) is 3.45. The second-order valence-corrected chi connectivity index (χ2v) is 6.31. The van der Waals surface area contributed by atoms with Gasteiger partial charge in [0, 0.05) is 18.6 Å². The summed E-state index contributed by atoms with van der Waals surface area (Å²) in [5, 5.41) is 3.63. The fourth-order valence-electron chi connectivity index (χ4n) is 3.64. The lowest BCUT2D eigenvalue weighted by molar-refractivity contribution is 0.0786. The molecule has 2 heteroatoms. The lowest BCUT2D eigenvalue weighted by atomic mass is 9.78. The molecule has 0 bridgehead atoms. The molecule has 4 atom stereocenters. The van der Waals surface area contributed by atoms with Crippen molar-refractivity contribution in [1.29, 1.82) is 0 Å². The van der Waals surface area contributed by atoms with Crippen LogP contribution in [0.1, 0.15) is 52.9 Å². The van der Waals surface area contributed by atoms with Gasteiger partial charge in [-0.15, -0.1) is 0 Å². The fraction of sp³-hybridized carbons (Fsp3) is 1.00. The fourth-order valence-corrected chi connectivity index (χ4v) is 3.64. The number of nitrogens with zero attached hydrogens (tertiary/aromatic N) is 1. The van der Waals surface area contributed by atoms with Crippen LogP contribution in [0.2, 0.25) is 0 Å². The molecule has 0 radical (unpaired) electrons. The summed E-state index contributed by atoms with van der Waals surface area (Å²) < 4.78 is 0. The van der Waals surface area contributed by atoms with E-state index < -0.39 is 0 Å². The van der Waals surface area contributed by atoms with Gasteiger partial charge in [-0.1, -0.05) is 20.8 Å². The molecule has 1 saturated heterocycles. The first kappa shape index (κ1) is 13.4. The maximum absolute atomic E-state index is 3.63. The van der Waals surface area contributed by atoms with E-state index in [4.69, 9.17) is 0 Å². The van der Waals surface area contributed by atoms with Crippen LogP contribution in [-0.4, -0.2) is 36.6 Å². The maximum Gasteiger partial charge on any atom is 0.0195 e. The average Bonchev–Trinajstić information content (AvgIpc) is 2.33. The molecule has 1 N–H and O–H groups in total. The molecular weight excluding hydrogens is 208 g/mol. The first-order chi connectivity index (χ1) is 8.20. The third-order valence-electron chi connectivity index (χ3n) is 5.03. The predicted octanol–water partition coefficient (Wildman–Crippen LogP) is 2.89. The van der Waals surface area contributed by atoms with Crippen LogP contribution in [0.3, 0.4) is 0 Å². The molecule has 0 spiro atoms. The zero-order valence-corrected chi connectivity index (χ0v) is 11.9. The smallest absolute Gasteiger partial charge is 0.0195 e. The SMILES string of the molecule is CCNC1CCCN(C2CCC(C)C(C)C2)C1. The van der Waals surface area contributed by atoms with Gasteiger partial charge in [-0.3, -0.25) is 4.90 Å². The minimum absolute atomic E-state index is 0.753. The summed E-state index contributed by atoms with van der Waals surface area (Å²) in [5.41, 5.74) is 0. The van der Waals surface area contributed by atoms with E-state index in [2.05, 4.69) is 31.0 Å². The highest BCUT2D eigenvalue weighted by atomic mass is 15.2. The molecule has 0 aromatic heterocycles. The van der Waals surface area contributed by atoms with E-state index in [0.29, 0.717) is 0 Å².